The zero-order valence-electron chi connectivity index (χ0n) is 12.5. The smallest absolute Gasteiger partial charge is 0.149 e. The van der Waals surface area contributed by atoms with Crippen LogP contribution in [0.25, 0.3) is 0 Å². The van der Waals surface area contributed by atoms with E-state index < -0.39 is 0 Å². The lowest BCUT2D eigenvalue weighted by atomic mass is 10.0. The highest BCUT2D eigenvalue weighted by molar-refractivity contribution is 5.83. The molecule has 0 amide bonds. The van der Waals surface area contributed by atoms with Crippen LogP contribution in [0.1, 0.15) is 90.9 Å². The Morgan fingerprint density at radius 2 is 1.28 bits per heavy atom. The second-order valence-corrected chi connectivity index (χ2v) is 5.41. The van der Waals surface area contributed by atoms with Crippen LogP contribution in [-0.2, 0) is 4.79 Å². The van der Waals surface area contributed by atoms with E-state index >= 15 is 0 Å². The van der Waals surface area contributed by atoms with Crippen LogP contribution in [0, 0.1) is 0 Å². The molecule has 0 bridgehead atoms. The standard InChI is InChI=1S/C16H33NO/c1-3-5-6-7-8-9-10-11-12-13-14-16(18)15(17)4-2/h15H,3-14,17H2,1-2H3. The first-order valence-electron chi connectivity index (χ1n) is 8.00. The number of hydrogen-bond acceptors (Lipinski definition) is 2. The van der Waals surface area contributed by atoms with Gasteiger partial charge in [-0.25, -0.2) is 0 Å². The van der Waals surface area contributed by atoms with E-state index in [0.717, 1.165) is 12.8 Å². The largest absolute Gasteiger partial charge is 0.322 e. The quantitative estimate of drug-likeness (QED) is 0.489. The number of nitrogens with two attached hydrogens (primary N) is 1. The lowest BCUT2D eigenvalue weighted by Gasteiger charge is -2.07. The molecular formula is C16H33NO. The molecule has 108 valence electrons. The Morgan fingerprint density at radius 1 is 0.833 bits per heavy atom. The maximum Gasteiger partial charge on any atom is 0.149 e. The van der Waals surface area contributed by atoms with Crippen LogP contribution in [0.5, 0.6) is 0 Å². The van der Waals surface area contributed by atoms with Crippen LogP contribution in [-0.4, -0.2) is 11.8 Å². The molecule has 0 saturated carbocycles. The monoisotopic (exact) mass is 255 g/mol. The highest BCUT2D eigenvalue weighted by Gasteiger charge is 2.09. The van der Waals surface area contributed by atoms with E-state index in [2.05, 4.69) is 6.92 Å². The van der Waals surface area contributed by atoms with E-state index in [9.17, 15) is 4.79 Å². The van der Waals surface area contributed by atoms with E-state index in [4.69, 9.17) is 5.73 Å². The Balaban J connectivity index is 3.14. The van der Waals surface area contributed by atoms with Crippen LogP contribution >= 0.6 is 0 Å². The summed E-state index contributed by atoms with van der Waals surface area (Å²) < 4.78 is 0. The molecular weight excluding hydrogens is 222 g/mol. The maximum atomic E-state index is 11.5. The molecule has 0 aromatic heterocycles. The predicted octanol–water partition coefficient (Wildman–Crippen LogP) is 4.60. The number of unbranched alkanes of at least 4 members (excludes halogenated alkanes) is 9. The van der Waals surface area contributed by atoms with Gasteiger partial charge in [0.15, 0.2) is 0 Å². The van der Waals surface area contributed by atoms with Gasteiger partial charge in [0.1, 0.15) is 5.78 Å². The molecule has 0 fully saturated rings. The van der Waals surface area contributed by atoms with Gasteiger partial charge in [0, 0.05) is 6.42 Å². The molecule has 0 radical (unpaired) electrons. The van der Waals surface area contributed by atoms with Crippen LogP contribution in [0.4, 0.5) is 0 Å². The summed E-state index contributed by atoms with van der Waals surface area (Å²) >= 11 is 0. The van der Waals surface area contributed by atoms with Crippen molar-refractivity contribution in [1.29, 1.82) is 0 Å². The van der Waals surface area contributed by atoms with Crippen molar-refractivity contribution in [2.45, 2.75) is 96.9 Å². The van der Waals surface area contributed by atoms with Gasteiger partial charge in [-0.2, -0.15) is 0 Å². The van der Waals surface area contributed by atoms with Crippen molar-refractivity contribution in [3.8, 4) is 0 Å². The number of hydrogen-bond donors (Lipinski definition) is 1. The zero-order chi connectivity index (χ0) is 13.6. The Labute approximate surface area is 114 Å². The summed E-state index contributed by atoms with van der Waals surface area (Å²) in [7, 11) is 0. The summed E-state index contributed by atoms with van der Waals surface area (Å²) in [4.78, 5) is 11.5. The fourth-order valence-corrected chi connectivity index (χ4v) is 2.20. The average molecular weight is 255 g/mol. The first-order chi connectivity index (χ1) is 8.72. The van der Waals surface area contributed by atoms with E-state index in [1.807, 2.05) is 6.92 Å². The van der Waals surface area contributed by atoms with Gasteiger partial charge in [-0.05, 0) is 12.8 Å². The molecule has 1 unspecified atom stereocenters. The van der Waals surface area contributed by atoms with Gasteiger partial charge in [-0.1, -0.05) is 71.6 Å². The summed E-state index contributed by atoms with van der Waals surface area (Å²) in [6.07, 6.45) is 14.6. The molecule has 2 nitrogen and oxygen atoms in total. The third-order valence-electron chi connectivity index (χ3n) is 3.63. The van der Waals surface area contributed by atoms with Crippen molar-refractivity contribution in [1.82, 2.24) is 0 Å². The molecule has 0 aliphatic rings. The Morgan fingerprint density at radius 3 is 1.72 bits per heavy atom. The van der Waals surface area contributed by atoms with Gasteiger partial charge in [-0.15, -0.1) is 0 Å². The number of carbonyl (C=O) groups is 1. The second-order valence-electron chi connectivity index (χ2n) is 5.41. The summed E-state index contributed by atoms with van der Waals surface area (Å²) in [6, 6.07) is -0.219. The minimum Gasteiger partial charge on any atom is -0.322 e. The first-order valence-corrected chi connectivity index (χ1v) is 8.00. The van der Waals surface area contributed by atoms with Crippen molar-refractivity contribution >= 4 is 5.78 Å². The van der Waals surface area contributed by atoms with E-state index in [1.165, 1.54) is 57.8 Å². The van der Waals surface area contributed by atoms with Gasteiger partial charge < -0.3 is 5.73 Å². The average Bonchev–Trinajstić information content (AvgIpc) is 2.39. The Hall–Kier alpha value is -0.370. The van der Waals surface area contributed by atoms with E-state index in [1.54, 1.807) is 0 Å². The molecule has 18 heavy (non-hydrogen) atoms. The van der Waals surface area contributed by atoms with Crippen molar-refractivity contribution in [2.75, 3.05) is 0 Å². The molecule has 0 rings (SSSR count). The van der Waals surface area contributed by atoms with Crippen LogP contribution in [0.15, 0.2) is 0 Å². The highest BCUT2D eigenvalue weighted by Crippen LogP contribution is 2.11. The molecule has 0 spiro atoms. The van der Waals surface area contributed by atoms with Gasteiger partial charge in [0.2, 0.25) is 0 Å². The topological polar surface area (TPSA) is 43.1 Å². The highest BCUT2D eigenvalue weighted by atomic mass is 16.1. The predicted molar refractivity (Wildman–Crippen MR) is 79.7 cm³/mol. The molecule has 1 atom stereocenters. The van der Waals surface area contributed by atoms with Gasteiger partial charge in [0.25, 0.3) is 0 Å². The second kappa shape index (κ2) is 13.1. The van der Waals surface area contributed by atoms with E-state index in [-0.39, 0.29) is 11.8 Å². The van der Waals surface area contributed by atoms with Crippen molar-refractivity contribution in [3.63, 3.8) is 0 Å². The fraction of sp³-hybridized carbons (Fsp3) is 0.938. The summed E-state index contributed by atoms with van der Waals surface area (Å²) in [5.41, 5.74) is 5.69. The molecule has 2 N–H and O–H groups in total. The zero-order valence-corrected chi connectivity index (χ0v) is 12.5. The summed E-state index contributed by atoms with van der Waals surface area (Å²) in [5.74, 6) is 0.247. The summed E-state index contributed by atoms with van der Waals surface area (Å²) in [6.45, 7) is 4.23. The molecule has 0 aromatic carbocycles. The van der Waals surface area contributed by atoms with Crippen LogP contribution in [0.3, 0.4) is 0 Å². The Kier molecular flexibility index (Phi) is 12.8. The number of carbonyl (C=O) groups excluding carboxylic acids is 1. The van der Waals surface area contributed by atoms with Crippen LogP contribution < -0.4 is 5.73 Å². The van der Waals surface area contributed by atoms with Crippen molar-refractivity contribution in [3.05, 3.63) is 0 Å². The minimum atomic E-state index is -0.219. The first kappa shape index (κ1) is 17.6. The third kappa shape index (κ3) is 10.8. The molecule has 0 aliphatic heterocycles. The fourth-order valence-electron chi connectivity index (χ4n) is 2.20. The van der Waals surface area contributed by atoms with Crippen molar-refractivity contribution < 1.29 is 4.79 Å². The van der Waals surface area contributed by atoms with Gasteiger partial charge >= 0.3 is 0 Å². The number of rotatable bonds is 13. The normalized spacial score (nSPS) is 12.6. The summed E-state index contributed by atoms with van der Waals surface area (Å²) in [5, 5.41) is 0. The van der Waals surface area contributed by atoms with E-state index in [0.29, 0.717) is 6.42 Å². The number of Topliss-reactive ketones (excluding diaryl/α,β-unsaturated/α-hetero) is 1. The molecule has 0 saturated heterocycles. The molecule has 0 aromatic rings. The van der Waals surface area contributed by atoms with Crippen molar-refractivity contribution in [2.24, 2.45) is 5.73 Å². The van der Waals surface area contributed by atoms with Gasteiger partial charge in [-0.3, -0.25) is 4.79 Å². The van der Waals surface area contributed by atoms with Crippen LogP contribution in [0.2, 0.25) is 0 Å². The molecule has 0 heterocycles. The SMILES string of the molecule is CCCCCCCCCCCCC(=O)C(N)CC. The lowest BCUT2D eigenvalue weighted by molar-refractivity contribution is -0.120. The third-order valence-corrected chi connectivity index (χ3v) is 3.63. The maximum absolute atomic E-state index is 11.5. The minimum absolute atomic E-state index is 0.219. The Bertz CT molecular complexity index is 192. The molecule has 2 heteroatoms. The molecule has 0 aliphatic carbocycles. The lowest BCUT2D eigenvalue weighted by Crippen LogP contribution is -2.29. The van der Waals surface area contributed by atoms with Gasteiger partial charge in [0.05, 0.1) is 6.04 Å². The number of ketones is 1.